The normalized spacial score (nSPS) is 14.9. The van der Waals surface area contributed by atoms with Crippen LogP contribution in [0.5, 0.6) is 5.75 Å². The molecule has 0 N–H and O–H groups in total. The number of Topliss-reactive ketones (excluding diaryl/α,β-unsaturated/α-hetero) is 1. The summed E-state index contributed by atoms with van der Waals surface area (Å²) >= 11 is 6.14. The first kappa shape index (κ1) is 18.5. The fourth-order valence-corrected chi connectivity index (χ4v) is 3.50. The molecule has 0 atom stereocenters. The van der Waals surface area contributed by atoms with E-state index in [-0.39, 0.29) is 17.6 Å². The lowest BCUT2D eigenvalue weighted by molar-refractivity contribution is -0.131. The molecule has 0 aromatic heterocycles. The molecule has 26 heavy (non-hydrogen) atoms. The van der Waals surface area contributed by atoms with Gasteiger partial charge in [0.25, 0.3) is 0 Å². The number of rotatable bonds is 5. The third-order valence-electron chi connectivity index (χ3n) is 4.89. The number of carbonyl (C=O) groups is 2. The summed E-state index contributed by atoms with van der Waals surface area (Å²) in [7, 11) is 1.60. The molecule has 0 radical (unpaired) electrons. The Morgan fingerprint density at radius 1 is 1.08 bits per heavy atom. The molecule has 5 heteroatoms. The average molecular weight is 372 g/mol. The SMILES string of the molecule is COc1ccc(C(=O)C2CCN(C(=O)Cc3ccccc3Cl)CC2)cc1. The van der Waals surface area contributed by atoms with Gasteiger partial charge < -0.3 is 9.64 Å². The number of hydrogen-bond donors (Lipinski definition) is 0. The summed E-state index contributed by atoms with van der Waals surface area (Å²) in [5.74, 6) is 0.911. The first-order chi connectivity index (χ1) is 12.6. The van der Waals surface area contributed by atoms with Crippen LogP contribution >= 0.6 is 11.6 Å². The number of piperidine rings is 1. The fourth-order valence-electron chi connectivity index (χ4n) is 3.30. The lowest BCUT2D eigenvalue weighted by Gasteiger charge is -2.31. The maximum absolute atomic E-state index is 12.6. The molecular formula is C21H22ClNO3. The van der Waals surface area contributed by atoms with Crippen LogP contribution in [-0.4, -0.2) is 36.8 Å². The van der Waals surface area contributed by atoms with Crippen LogP contribution < -0.4 is 4.74 Å². The lowest BCUT2D eigenvalue weighted by Crippen LogP contribution is -2.41. The van der Waals surface area contributed by atoms with Crippen LogP contribution in [0, 0.1) is 5.92 Å². The van der Waals surface area contributed by atoms with Gasteiger partial charge in [-0.3, -0.25) is 9.59 Å². The molecular weight excluding hydrogens is 350 g/mol. The van der Waals surface area contributed by atoms with Crippen molar-refractivity contribution in [3.8, 4) is 5.75 Å². The summed E-state index contributed by atoms with van der Waals surface area (Å²) in [5.41, 5.74) is 1.54. The summed E-state index contributed by atoms with van der Waals surface area (Å²) in [6.07, 6.45) is 1.69. The van der Waals surface area contributed by atoms with Gasteiger partial charge in [-0.25, -0.2) is 0 Å². The van der Waals surface area contributed by atoms with Gasteiger partial charge in [-0.05, 0) is 48.7 Å². The summed E-state index contributed by atoms with van der Waals surface area (Å²) in [6.45, 7) is 1.21. The highest BCUT2D eigenvalue weighted by atomic mass is 35.5. The number of amides is 1. The Morgan fingerprint density at radius 2 is 1.73 bits per heavy atom. The smallest absolute Gasteiger partial charge is 0.227 e. The summed E-state index contributed by atoms with van der Waals surface area (Å²) in [5, 5.41) is 0.616. The first-order valence-corrected chi connectivity index (χ1v) is 9.15. The Balaban J connectivity index is 1.55. The van der Waals surface area contributed by atoms with Crippen molar-refractivity contribution in [1.82, 2.24) is 4.90 Å². The number of ether oxygens (including phenoxy) is 1. The zero-order valence-electron chi connectivity index (χ0n) is 14.8. The summed E-state index contributed by atoms with van der Waals surface area (Å²) in [6, 6.07) is 14.6. The second kappa shape index (κ2) is 8.37. The van der Waals surface area contributed by atoms with E-state index in [9.17, 15) is 9.59 Å². The predicted octanol–water partition coefficient (Wildman–Crippen LogP) is 4.01. The van der Waals surface area contributed by atoms with Crippen LogP contribution in [-0.2, 0) is 11.2 Å². The van der Waals surface area contributed by atoms with Crippen molar-refractivity contribution in [3.63, 3.8) is 0 Å². The largest absolute Gasteiger partial charge is 0.497 e. The summed E-state index contributed by atoms with van der Waals surface area (Å²) < 4.78 is 5.13. The van der Waals surface area contributed by atoms with E-state index in [0.29, 0.717) is 42.9 Å². The van der Waals surface area contributed by atoms with Gasteiger partial charge in [-0.15, -0.1) is 0 Å². The second-order valence-corrected chi connectivity index (χ2v) is 6.92. The van der Waals surface area contributed by atoms with Crippen molar-refractivity contribution in [3.05, 3.63) is 64.7 Å². The van der Waals surface area contributed by atoms with E-state index < -0.39 is 0 Å². The molecule has 0 saturated carbocycles. The van der Waals surface area contributed by atoms with Gasteiger partial charge in [-0.2, -0.15) is 0 Å². The van der Waals surface area contributed by atoms with Crippen LogP contribution in [0.15, 0.2) is 48.5 Å². The molecule has 0 spiro atoms. The lowest BCUT2D eigenvalue weighted by atomic mass is 9.88. The van der Waals surface area contributed by atoms with Crippen LogP contribution in [0.3, 0.4) is 0 Å². The van der Waals surface area contributed by atoms with Crippen LogP contribution in [0.4, 0.5) is 0 Å². The van der Waals surface area contributed by atoms with E-state index in [1.165, 1.54) is 0 Å². The van der Waals surface area contributed by atoms with E-state index in [4.69, 9.17) is 16.3 Å². The maximum Gasteiger partial charge on any atom is 0.227 e. The number of ketones is 1. The minimum absolute atomic E-state index is 0.0345. The third kappa shape index (κ3) is 4.25. The van der Waals surface area contributed by atoms with Gasteiger partial charge in [-0.1, -0.05) is 29.8 Å². The van der Waals surface area contributed by atoms with Gasteiger partial charge in [0.05, 0.1) is 13.5 Å². The Kier molecular flexibility index (Phi) is 5.94. The predicted molar refractivity (Wildman–Crippen MR) is 102 cm³/mol. The van der Waals surface area contributed by atoms with Gasteiger partial charge in [0.1, 0.15) is 5.75 Å². The highest BCUT2D eigenvalue weighted by Crippen LogP contribution is 2.24. The molecule has 4 nitrogen and oxygen atoms in total. The molecule has 2 aromatic carbocycles. The Bertz CT molecular complexity index is 780. The first-order valence-electron chi connectivity index (χ1n) is 8.78. The number of nitrogens with zero attached hydrogens (tertiary/aromatic N) is 1. The molecule has 1 aliphatic rings. The van der Waals surface area contributed by atoms with Gasteiger partial charge in [0.2, 0.25) is 5.91 Å². The molecule has 1 amide bonds. The monoisotopic (exact) mass is 371 g/mol. The standard InChI is InChI=1S/C21H22ClNO3/c1-26-18-8-6-15(7-9-18)21(25)16-10-12-23(13-11-16)20(24)14-17-4-2-3-5-19(17)22/h2-9,16H,10-14H2,1H3. The average Bonchev–Trinajstić information content (AvgIpc) is 2.69. The number of methoxy groups -OCH3 is 1. The minimum atomic E-state index is -0.0345. The second-order valence-electron chi connectivity index (χ2n) is 6.52. The molecule has 0 bridgehead atoms. The van der Waals surface area contributed by atoms with Crippen LogP contribution in [0.2, 0.25) is 5.02 Å². The van der Waals surface area contributed by atoms with Crippen molar-refractivity contribution in [2.45, 2.75) is 19.3 Å². The van der Waals surface area contributed by atoms with Crippen molar-refractivity contribution < 1.29 is 14.3 Å². The van der Waals surface area contributed by atoms with Crippen molar-refractivity contribution in [1.29, 1.82) is 0 Å². The van der Waals surface area contributed by atoms with E-state index in [2.05, 4.69) is 0 Å². The Morgan fingerprint density at radius 3 is 2.35 bits per heavy atom. The van der Waals surface area contributed by atoms with E-state index >= 15 is 0 Å². The van der Waals surface area contributed by atoms with Gasteiger partial charge >= 0.3 is 0 Å². The topological polar surface area (TPSA) is 46.6 Å². The van der Waals surface area contributed by atoms with E-state index in [1.54, 1.807) is 37.4 Å². The van der Waals surface area contributed by atoms with Gasteiger partial charge in [0.15, 0.2) is 5.78 Å². The molecule has 1 fully saturated rings. The minimum Gasteiger partial charge on any atom is -0.497 e. The van der Waals surface area contributed by atoms with E-state index in [1.807, 2.05) is 23.1 Å². The maximum atomic E-state index is 12.6. The molecule has 0 aliphatic carbocycles. The molecule has 0 unspecified atom stereocenters. The van der Waals surface area contributed by atoms with Crippen LogP contribution in [0.25, 0.3) is 0 Å². The highest BCUT2D eigenvalue weighted by molar-refractivity contribution is 6.31. The number of halogens is 1. The Labute approximate surface area is 158 Å². The van der Waals surface area contributed by atoms with Crippen molar-refractivity contribution in [2.75, 3.05) is 20.2 Å². The number of carbonyl (C=O) groups excluding carboxylic acids is 2. The highest BCUT2D eigenvalue weighted by Gasteiger charge is 2.28. The zero-order valence-corrected chi connectivity index (χ0v) is 15.5. The fraction of sp³-hybridized carbons (Fsp3) is 0.333. The Hall–Kier alpha value is -2.33. The van der Waals surface area contributed by atoms with Crippen molar-refractivity contribution >= 4 is 23.3 Å². The number of benzene rings is 2. The molecule has 2 aromatic rings. The zero-order chi connectivity index (χ0) is 18.5. The van der Waals surface area contributed by atoms with Crippen molar-refractivity contribution in [2.24, 2.45) is 5.92 Å². The molecule has 1 saturated heterocycles. The van der Waals surface area contributed by atoms with Crippen LogP contribution in [0.1, 0.15) is 28.8 Å². The number of hydrogen-bond acceptors (Lipinski definition) is 3. The molecule has 1 aliphatic heterocycles. The molecule has 1 heterocycles. The summed E-state index contributed by atoms with van der Waals surface area (Å²) in [4.78, 5) is 27.0. The third-order valence-corrected chi connectivity index (χ3v) is 5.26. The van der Waals surface area contributed by atoms with E-state index in [0.717, 1.165) is 11.3 Å². The van der Waals surface area contributed by atoms with Gasteiger partial charge in [0, 0.05) is 29.6 Å². The number of likely N-dealkylation sites (tertiary alicyclic amines) is 1. The quantitative estimate of drug-likeness (QED) is 0.746. The molecule has 136 valence electrons. The molecule has 3 rings (SSSR count).